The molecule has 29 heavy (non-hydrogen) atoms. The van der Waals surface area contributed by atoms with Crippen LogP contribution in [0.1, 0.15) is 45.2 Å². The summed E-state index contributed by atoms with van der Waals surface area (Å²) in [6.07, 6.45) is -0.284. The molecule has 0 aliphatic carbocycles. The molecule has 158 valence electrons. The predicted molar refractivity (Wildman–Crippen MR) is 104 cm³/mol. The molecule has 1 aliphatic rings. The first-order valence-corrected chi connectivity index (χ1v) is 9.67. The van der Waals surface area contributed by atoms with Gasteiger partial charge in [0.25, 0.3) is 0 Å². The van der Waals surface area contributed by atoms with Crippen LogP contribution in [0, 0.1) is 0 Å². The Morgan fingerprint density at radius 2 is 2.07 bits per heavy atom. The fraction of sp³-hybridized carbons (Fsp3) is 0.562. The molecule has 0 spiro atoms. The van der Waals surface area contributed by atoms with Crippen molar-refractivity contribution in [1.29, 1.82) is 0 Å². The van der Waals surface area contributed by atoms with Crippen molar-refractivity contribution in [2.45, 2.75) is 57.1 Å². The number of carbonyl (C=O) groups excluding carboxylic acids is 1. The van der Waals surface area contributed by atoms with Gasteiger partial charge in [-0.2, -0.15) is 0 Å². The number of hydrogen-bond donors (Lipinski definition) is 4. The van der Waals surface area contributed by atoms with Gasteiger partial charge in [-0.05, 0) is 26.7 Å². The van der Waals surface area contributed by atoms with E-state index in [1.807, 2.05) is 0 Å². The first-order valence-electron chi connectivity index (χ1n) is 8.79. The van der Waals surface area contributed by atoms with Gasteiger partial charge in [0.05, 0.1) is 12.5 Å². The molecular weight excluding hydrogens is 405 g/mol. The summed E-state index contributed by atoms with van der Waals surface area (Å²) in [5, 5.41) is 33.5. The molecule has 0 radical (unpaired) electrons. The maximum Gasteiger partial charge on any atom is 0.458 e. The Hall–Kier alpha value is -2.51. The summed E-state index contributed by atoms with van der Waals surface area (Å²) in [6, 6.07) is 0. The predicted octanol–water partition coefficient (Wildman–Crippen LogP) is 0.773. The molecule has 2 heterocycles. The van der Waals surface area contributed by atoms with E-state index in [-0.39, 0.29) is 29.4 Å². The molecule has 11 nitrogen and oxygen atoms in total. The van der Waals surface area contributed by atoms with Gasteiger partial charge >= 0.3 is 19.1 Å². The Balaban J connectivity index is 2.14. The smallest absolute Gasteiger partial charge is 0.458 e. The molecule has 0 aromatic carbocycles. The summed E-state index contributed by atoms with van der Waals surface area (Å²) in [6.45, 7) is 2.55. The van der Waals surface area contributed by atoms with Crippen molar-refractivity contribution in [3.05, 3.63) is 11.1 Å². The number of carboxylic acids is 2. The number of nitrogens with zero attached hydrogens (tertiary/aromatic N) is 2. The normalized spacial score (nSPS) is 20.4. The van der Waals surface area contributed by atoms with E-state index >= 15 is 0 Å². The number of ketones is 1. The number of aliphatic carboxylic acids is 2. The van der Waals surface area contributed by atoms with Crippen molar-refractivity contribution in [2.75, 3.05) is 5.73 Å². The van der Waals surface area contributed by atoms with E-state index < -0.39 is 42.4 Å². The minimum atomic E-state index is -1.68. The van der Waals surface area contributed by atoms with Crippen molar-refractivity contribution >= 4 is 47.0 Å². The lowest BCUT2D eigenvalue weighted by molar-refractivity contribution is -0.161. The van der Waals surface area contributed by atoms with Crippen molar-refractivity contribution in [2.24, 2.45) is 5.16 Å². The number of carbonyl (C=O) groups is 3. The van der Waals surface area contributed by atoms with Crippen LogP contribution in [0.15, 0.2) is 10.5 Å². The Morgan fingerprint density at radius 3 is 2.59 bits per heavy atom. The molecule has 1 aromatic heterocycles. The zero-order valence-corrected chi connectivity index (χ0v) is 16.7. The number of hydrogen-bond acceptors (Lipinski definition) is 10. The number of aromatic nitrogens is 1. The van der Waals surface area contributed by atoms with Crippen LogP contribution < -0.4 is 5.73 Å². The van der Waals surface area contributed by atoms with Crippen molar-refractivity contribution in [3.63, 3.8) is 0 Å². The van der Waals surface area contributed by atoms with Gasteiger partial charge in [-0.3, -0.25) is 9.59 Å². The summed E-state index contributed by atoms with van der Waals surface area (Å²) >= 11 is 1.07. The van der Waals surface area contributed by atoms with Gasteiger partial charge in [-0.25, -0.2) is 9.78 Å². The summed E-state index contributed by atoms with van der Waals surface area (Å²) < 4.78 is 5.29. The Morgan fingerprint density at radius 1 is 1.38 bits per heavy atom. The molecule has 13 heteroatoms. The molecule has 0 unspecified atom stereocenters. The summed E-state index contributed by atoms with van der Waals surface area (Å²) in [4.78, 5) is 43.8. The van der Waals surface area contributed by atoms with Crippen LogP contribution in [-0.4, -0.2) is 62.5 Å². The SMILES string of the molecule is CC(C)(O/N=C(/C(=O)C[C@H]1CC[C@@H](CC(=O)O)OB1O)c1csc(N)n1)C(=O)O. The average molecular weight is 427 g/mol. The molecule has 0 bridgehead atoms. The summed E-state index contributed by atoms with van der Waals surface area (Å²) in [5.41, 5.74) is 3.85. The standard InChI is InChI=1S/C16H22BN3O8S/c1-16(2,14(24)25)28-20-13(10-7-29-15(18)19-10)11(21)5-8-3-4-9(6-12(22)23)27-17(8)26/h7-9,26H,3-6H2,1-2H3,(H2,18,19)(H,22,23)(H,24,25)/b20-13+/t8-,9+/m1/s1. The van der Waals surface area contributed by atoms with Crippen LogP contribution in [0.2, 0.25) is 5.82 Å². The molecule has 1 saturated heterocycles. The van der Waals surface area contributed by atoms with E-state index in [2.05, 4.69) is 10.1 Å². The zero-order valence-electron chi connectivity index (χ0n) is 15.9. The molecule has 0 saturated carbocycles. The van der Waals surface area contributed by atoms with Crippen molar-refractivity contribution < 1.29 is 39.1 Å². The molecule has 5 N–H and O–H groups in total. The van der Waals surface area contributed by atoms with Gasteiger partial charge in [-0.15, -0.1) is 11.3 Å². The van der Waals surface area contributed by atoms with Gasteiger partial charge in [0.1, 0.15) is 5.69 Å². The van der Waals surface area contributed by atoms with Gasteiger partial charge in [-0.1, -0.05) is 5.16 Å². The van der Waals surface area contributed by atoms with Gasteiger partial charge in [0.15, 0.2) is 16.6 Å². The number of nitrogen functional groups attached to an aromatic ring is 1. The summed E-state index contributed by atoms with van der Waals surface area (Å²) in [5.74, 6) is -3.43. The van der Waals surface area contributed by atoms with Crippen LogP contribution >= 0.6 is 11.3 Å². The maximum absolute atomic E-state index is 12.8. The third-order valence-electron chi connectivity index (χ3n) is 4.35. The minimum absolute atomic E-state index is 0.133. The number of anilines is 1. The fourth-order valence-corrected chi connectivity index (χ4v) is 3.18. The number of carboxylic acid groups (broad SMARTS) is 2. The van der Waals surface area contributed by atoms with E-state index in [1.54, 1.807) is 0 Å². The first kappa shape index (κ1) is 22.8. The topological polar surface area (TPSA) is 182 Å². The van der Waals surface area contributed by atoms with Crippen LogP contribution in [-0.2, 0) is 23.9 Å². The number of oxime groups is 1. The molecule has 0 amide bonds. The molecule has 2 atom stereocenters. The highest BCUT2D eigenvalue weighted by molar-refractivity contribution is 7.13. The van der Waals surface area contributed by atoms with Crippen LogP contribution in [0.3, 0.4) is 0 Å². The number of thiazole rings is 1. The Kier molecular flexibility index (Phi) is 7.33. The Bertz CT molecular complexity index is 812. The zero-order chi connectivity index (χ0) is 21.8. The van der Waals surface area contributed by atoms with Gasteiger partial charge in [0, 0.05) is 17.6 Å². The first-order chi connectivity index (χ1) is 13.5. The average Bonchev–Trinajstić information content (AvgIpc) is 3.03. The quantitative estimate of drug-likeness (QED) is 0.250. The highest BCUT2D eigenvalue weighted by Gasteiger charge is 2.38. The van der Waals surface area contributed by atoms with E-state index in [0.29, 0.717) is 12.8 Å². The Labute approximate surface area is 170 Å². The minimum Gasteiger partial charge on any atom is -0.481 e. The molecule has 2 rings (SSSR count). The van der Waals surface area contributed by atoms with Crippen molar-refractivity contribution in [3.8, 4) is 0 Å². The lowest BCUT2D eigenvalue weighted by Gasteiger charge is -2.30. The number of rotatable bonds is 9. The monoisotopic (exact) mass is 427 g/mol. The van der Waals surface area contributed by atoms with Crippen molar-refractivity contribution in [1.82, 2.24) is 4.98 Å². The third-order valence-corrected chi connectivity index (χ3v) is 5.03. The highest BCUT2D eigenvalue weighted by atomic mass is 32.1. The number of nitrogens with two attached hydrogens (primary N) is 1. The lowest BCUT2D eigenvalue weighted by atomic mass is 9.64. The van der Waals surface area contributed by atoms with Crippen LogP contribution in [0.25, 0.3) is 0 Å². The van der Waals surface area contributed by atoms with E-state index in [1.165, 1.54) is 19.2 Å². The molecule has 1 aliphatic heterocycles. The largest absolute Gasteiger partial charge is 0.481 e. The van der Waals surface area contributed by atoms with Gasteiger partial charge in [0.2, 0.25) is 5.60 Å². The second-order valence-electron chi connectivity index (χ2n) is 7.13. The lowest BCUT2D eigenvalue weighted by Crippen LogP contribution is -2.39. The number of Topliss-reactive ketones (excluding diaryl/α,β-unsaturated/α-hetero) is 1. The second-order valence-corrected chi connectivity index (χ2v) is 8.02. The molecular formula is C16H22BN3O8S. The van der Waals surface area contributed by atoms with E-state index in [0.717, 1.165) is 11.3 Å². The highest BCUT2D eigenvalue weighted by Crippen LogP contribution is 2.31. The van der Waals surface area contributed by atoms with Crippen LogP contribution in [0.4, 0.5) is 5.13 Å². The third kappa shape index (κ3) is 6.24. The van der Waals surface area contributed by atoms with E-state index in [4.69, 9.17) is 25.4 Å². The van der Waals surface area contributed by atoms with E-state index in [9.17, 15) is 19.4 Å². The van der Waals surface area contributed by atoms with Gasteiger partial charge < -0.3 is 30.5 Å². The molecule has 1 aromatic rings. The van der Waals surface area contributed by atoms with Crippen LogP contribution in [0.5, 0.6) is 0 Å². The second kappa shape index (κ2) is 9.33. The molecule has 1 fully saturated rings. The fourth-order valence-electron chi connectivity index (χ4n) is 2.64. The maximum atomic E-state index is 12.8. The summed E-state index contributed by atoms with van der Waals surface area (Å²) in [7, 11) is -1.31.